The monoisotopic (exact) mass is 290 g/mol. The number of para-hydroxylation sites is 1. The van der Waals surface area contributed by atoms with Gasteiger partial charge in [-0.1, -0.05) is 36.9 Å². The maximum atomic E-state index is 11.7. The Morgan fingerprint density at radius 3 is 2.85 bits per heavy atom. The number of nitrogens with one attached hydrogen (secondary N) is 1. The summed E-state index contributed by atoms with van der Waals surface area (Å²) in [6, 6.07) is 9.97. The van der Waals surface area contributed by atoms with Gasteiger partial charge in [0.15, 0.2) is 0 Å². The van der Waals surface area contributed by atoms with Gasteiger partial charge in [-0.25, -0.2) is 9.67 Å². The summed E-state index contributed by atoms with van der Waals surface area (Å²) in [7, 11) is 0. The summed E-state index contributed by atoms with van der Waals surface area (Å²) < 4.78 is 1.70. The third kappa shape index (κ3) is 4.09. The second-order valence-corrected chi connectivity index (χ2v) is 5.42. The molecule has 1 atom stereocenters. The van der Waals surface area contributed by atoms with Crippen LogP contribution in [0.5, 0.6) is 0 Å². The van der Waals surface area contributed by atoms with Crippen LogP contribution in [0, 0.1) is 0 Å². The van der Waals surface area contributed by atoms with Crippen LogP contribution in [0.2, 0.25) is 0 Å². The van der Waals surface area contributed by atoms with Gasteiger partial charge in [-0.05, 0) is 25.5 Å². The number of aromatic nitrogens is 3. The molecule has 0 fully saturated rings. The Morgan fingerprint density at radius 1 is 1.40 bits per heavy atom. The van der Waals surface area contributed by atoms with Gasteiger partial charge in [0, 0.05) is 6.04 Å². The summed E-state index contributed by atoms with van der Waals surface area (Å²) in [5.41, 5.74) is 0.955. The Kier molecular flexibility index (Phi) is 5.17. The molecule has 0 saturated heterocycles. The molecule has 1 aromatic heterocycles. The van der Waals surface area contributed by atoms with Crippen LogP contribution >= 0.6 is 11.8 Å². The van der Waals surface area contributed by atoms with Crippen molar-refractivity contribution in [2.45, 2.75) is 31.5 Å². The van der Waals surface area contributed by atoms with Crippen molar-refractivity contribution in [3.05, 3.63) is 36.7 Å². The number of benzene rings is 1. The molecule has 2 rings (SSSR count). The van der Waals surface area contributed by atoms with Gasteiger partial charge in [0.1, 0.15) is 6.33 Å². The highest BCUT2D eigenvalue weighted by molar-refractivity contribution is 7.99. The quantitative estimate of drug-likeness (QED) is 0.829. The molecule has 0 aliphatic heterocycles. The summed E-state index contributed by atoms with van der Waals surface area (Å²) in [4.78, 5) is 15.9. The van der Waals surface area contributed by atoms with Crippen molar-refractivity contribution in [2.24, 2.45) is 0 Å². The van der Waals surface area contributed by atoms with E-state index in [1.165, 1.54) is 11.8 Å². The maximum Gasteiger partial charge on any atom is 0.230 e. The van der Waals surface area contributed by atoms with Crippen molar-refractivity contribution in [3.63, 3.8) is 0 Å². The first-order valence-corrected chi connectivity index (χ1v) is 7.57. The lowest BCUT2D eigenvalue weighted by atomic mass is 10.3. The lowest BCUT2D eigenvalue weighted by molar-refractivity contribution is -0.119. The molecule has 1 N–H and O–H groups in total. The average Bonchev–Trinajstić information content (AvgIpc) is 2.95. The minimum atomic E-state index is 0.0143. The van der Waals surface area contributed by atoms with E-state index in [1.807, 2.05) is 44.2 Å². The zero-order chi connectivity index (χ0) is 14.4. The Balaban J connectivity index is 1.89. The Morgan fingerprint density at radius 2 is 2.15 bits per heavy atom. The molecule has 2 aromatic rings. The van der Waals surface area contributed by atoms with Crippen LogP contribution in [-0.2, 0) is 4.79 Å². The highest BCUT2D eigenvalue weighted by Gasteiger charge is 2.09. The summed E-state index contributed by atoms with van der Waals surface area (Å²) in [5.74, 6) is 0.351. The van der Waals surface area contributed by atoms with E-state index in [9.17, 15) is 4.79 Å². The molecular formula is C14H18N4OS. The number of nitrogens with zero attached hydrogens (tertiary/aromatic N) is 3. The van der Waals surface area contributed by atoms with E-state index >= 15 is 0 Å². The van der Waals surface area contributed by atoms with Crippen LogP contribution in [0.1, 0.15) is 20.3 Å². The molecule has 0 radical (unpaired) electrons. The molecule has 0 aliphatic carbocycles. The fourth-order valence-corrected chi connectivity index (χ4v) is 2.18. The van der Waals surface area contributed by atoms with Gasteiger partial charge in [-0.3, -0.25) is 4.79 Å². The third-order valence-electron chi connectivity index (χ3n) is 2.84. The van der Waals surface area contributed by atoms with Gasteiger partial charge in [0.25, 0.3) is 0 Å². The Bertz CT molecular complexity index is 555. The first kappa shape index (κ1) is 14.6. The third-order valence-corrected chi connectivity index (χ3v) is 3.70. The highest BCUT2D eigenvalue weighted by Crippen LogP contribution is 2.13. The van der Waals surface area contributed by atoms with E-state index in [0.29, 0.717) is 10.9 Å². The molecule has 6 heteroatoms. The van der Waals surface area contributed by atoms with E-state index in [4.69, 9.17) is 0 Å². The van der Waals surface area contributed by atoms with Gasteiger partial charge in [0.05, 0.1) is 11.4 Å². The van der Waals surface area contributed by atoms with Crippen LogP contribution < -0.4 is 5.32 Å². The van der Waals surface area contributed by atoms with Crippen molar-refractivity contribution in [1.29, 1.82) is 0 Å². The SMILES string of the molecule is CCC(C)NC(=O)CSc1ncn(-c2ccccc2)n1. The molecule has 5 nitrogen and oxygen atoms in total. The molecule has 20 heavy (non-hydrogen) atoms. The fourth-order valence-electron chi connectivity index (χ4n) is 1.57. The van der Waals surface area contributed by atoms with Gasteiger partial charge < -0.3 is 5.32 Å². The number of hydrogen-bond donors (Lipinski definition) is 1. The van der Waals surface area contributed by atoms with Crippen molar-refractivity contribution < 1.29 is 4.79 Å². The summed E-state index contributed by atoms with van der Waals surface area (Å²) in [6.45, 7) is 4.03. The van der Waals surface area contributed by atoms with E-state index in [0.717, 1.165) is 12.1 Å². The average molecular weight is 290 g/mol. The van der Waals surface area contributed by atoms with Crippen molar-refractivity contribution in [1.82, 2.24) is 20.1 Å². The Labute approximate surface area is 122 Å². The van der Waals surface area contributed by atoms with Crippen LogP contribution in [0.3, 0.4) is 0 Å². The molecule has 0 aliphatic rings. The molecule has 1 unspecified atom stereocenters. The lowest BCUT2D eigenvalue weighted by Crippen LogP contribution is -2.33. The van der Waals surface area contributed by atoms with E-state index in [1.54, 1.807) is 11.0 Å². The number of amides is 1. The van der Waals surface area contributed by atoms with Gasteiger partial charge in [-0.2, -0.15) is 0 Å². The predicted octanol–water partition coefficient (Wildman–Crippen LogP) is 2.27. The number of carbonyl (C=O) groups excluding carboxylic acids is 1. The number of hydrogen-bond acceptors (Lipinski definition) is 4. The molecular weight excluding hydrogens is 272 g/mol. The predicted molar refractivity (Wildman–Crippen MR) is 80.0 cm³/mol. The first-order chi connectivity index (χ1) is 9.69. The van der Waals surface area contributed by atoms with Gasteiger partial charge in [0.2, 0.25) is 11.1 Å². The number of rotatable bonds is 6. The highest BCUT2D eigenvalue weighted by atomic mass is 32.2. The van der Waals surface area contributed by atoms with Crippen LogP contribution in [0.15, 0.2) is 41.8 Å². The summed E-state index contributed by atoms with van der Waals surface area (Å²) in [5, 5.41) is 7.86. The zero-order valence-corrected chi connectivity index (χ0v) is 12.4. The summed E-state index contributed by atoms with van der Waals surface area (Å²) >= 11 is 1.34. The smallest absolute Gasteiger partial charge is 0.230 e. The number of carbonyl (C=O) groups is 1. The molecule has 0 spiro atoms. The largest absolute Gasteiger partial charge is 0.353 e. The second-order valence-electron chi connectivity index (χ2n) is 4.47. The molecule has 106 valence electrons. The molecule has 1 amide bonds. The summed E-state index contributed by atoms with van der Waals surface area (Å²) in [6.07, 6.45) is 2.58. The molecule has 0 saturated carbocycles. The van der Waals surface area contributed by atoms with Crippen LogP contribution in [-0.4, -0.2) is 32.5 Å². The second kappa shape index (κ2) is 7.09. The topological polar surface area (TPSA) is 59.8 Å². The van der Waals surface area contributed by atoms with Crippen molar-refractivity contribution >= 4 is 17.7 Å². The van der Waals surface area contributed by atoms with E-state index in [-0.39, 0.29) is 11.9 Å². The Hall–Kier alpha value is -1.82. The molecule has 1 heterocycles. The van der Waals surface area contributed by atoms with Gasteiger partial charge in [-0.15, -0.1) is 5.10 Å². The van der Waals surface area contributed by atoms with Gasteiger partial charge >= 0.3 is 0 Å². The fraction of sp³-hybridized carbons (Fsp3) is 0.357. The normalized spacial score (nSPS) is 12.1. The maximum absolute atomic E-state index is 11.7. The molecule has 1 aromatic carbocycles. The first-order valence-electron chi connectivity index (χ1n) is 6.58. The van der Waals surface area contributed by atoms with Crippen molar-refractivity contribution in [3.8, 4) is 5.69 Å². The number of thioether (sulfide) groups is 1. The van der Waals surface area contributed by atoms with Crippen LogP contribution in [0.4, 0.5) is 0 Å². The van der Waals surface area contributed by atoms with Crippen molar-refractivity contribution in [2.75, 3.05) is 5.75 Å². The van der Waals surface area contributed by atoms with E-state index in [2.05, 4.69) is 15.4 Å². The zero-order valence-electron chi connectivity index (χ0n) is 11.6. The van der Waals surface area contributed by atoms with Crippen LogP contribution in [0.25, 0.3) is 5.69 Å². The molecule has 0 bridgehead atoms. The van der Waals surface area contributed by atoms with E-state index < -0.39 is 0 Å². The standard InChI is InChI=1S/C14H18N4OS/c1-3-11(2)16-13(19)9-20-14-15-10-18(17-14)12-7-5-4-6-8-12/h4-8,10-11H,3,9H2,1-2H3,(H,16,19). The minimum absolute atomic E-state index is 0.0143. The minimum Gasteiger partial charge on any atom is -0.353 e. The lowest BCUT2D eigenvalue weighted by Gasteiger charge is -2.09.